The van der Waals surface area contributed by atoms with E-state index in [9.17, 15) is 4.57 Å². The molecule has 0 saturated carbocycles. The second kappa shape index (κ2) is 12.9. The van der Waals surface area contributed by atoms with Gasteiger partial charge in [-0.1, -0.05) is 74.9 Å². The first-order valence-electron chi connectivity index (χ1n) is 6.90. The zero-order valence-electron chi connectivity index (χ0n) is 11.7. The van der Waals surface area contributed by atoms with Gasteiger partial charge in [0, 0.05) is 6.16 Å². The van der Waals surface area contributed by atoms with Gasteiger partial charge in [-0.3, -0.25) is 4.57 Å². The molecule has 0 bridgehead atoms. The molecule has 1 aromatic carbocycles. The minimum Gasteiger partial charge on any atom is -0.346 e. The minimum absolute atomic E-state index is 0.525. The molecule has 0 aromatic heterocycles. The van der Waals surface area contributed by atoms with E-state index in [1.54, 1.807) is 0 Å². The van der Waals surface area contributed by atoms with Crippen molar-refractivity contribution < 1.29 is 9.46 Å². The van der Waals surface area contributed by atoms with Crippen LogP contribution in [-0.2, 0) is 4.57 Å². The molecular formula is C15H27O2P. The van der Waals surface area contributed by atoms with Crippen molar-refractivity contribution in [3.05, 3.63) is 35.9 Å². The Labute approximate surface area is 112 Å². The van der Waals surface area contributed by atoms with Gasteiger partial charge < -0.3 is 4.89 Å². The lowest BCUT2D eigenvalue weighted by Gasteiger charge is -1.97. The first-order chi connectivity index (χ1) is 8.66. The summed E-state index contributed by atoms with van der Waals surface area (Å²) in [4.78, 5) is 8.50. The molecule has 0 saturated heterocycles. The van der Waals surface area contributed by atoms with Crippen LogP contribution in [0.1, 0.15) is 51.0 Å². The number of rotatable bonds is 7. The van der Waals surface area contributed by atoms with E-state index in [1.165, 1.54) is 31.2 Å². The van der Waals surface area contributed by atoms with Gasteiger partial charge in [-0.05, 0) is 13.3 Å². The van der Waals surface area contributed by atoms with Crippen molar-refractivity contribution in [2.45, 2.75) is 52.4 Å². The minimum atomic E-state index is -2.18. The monoisotopic (exact) mass is 270 g/mol. The van der Waals surface area contributed by atoms with Crippen molar-refractivity contribution in [2.24, 2.45) is 0 Å². The lowest BCUT2D eigenvalue weighted by molar-refractivity contribution is 0.498. The summed E-state index contributed by atoms with van der Waals surface area (Å²) in [5, 5.41) is 0. The smallest absolute Gasteiger partial charge is 0.189 e. The number of unbranched alkanes of at least 4 members (excludes halogenated alkanes) is 5. The Morgan fingerprint density at radius 2 is 1.56 bits per heavy atom. The molecule has 0 aliphatic rings. The predicted octanol–water partition coefficient (Wildman–Crippen LogP) is 4.81. The molecule has 1 rings (SSSR count). The predicted molar refractivity (Wildman–Crippen MR) is 80.6 cm³/mol. The van der Waals surface area contributed by atoms with Crippen molar-refractivity contribution in [2.75, 3.05) is 6.16 Å². The molecule has 3 heteroatoms. The number of benzene rings is 1. The van der Waals surface area contributed by atoms with Crippen molar-refractivity contribution >= 4 is 8.03 Å². The third-order valence-corrected chi connectivity index (χ3v) is 3.47. The van der Waals surface area contributed by atoms with Crippen LogP contribution >= 0.6 is 8.03 Å². The number of aryl methyl sites for hydroxylation is 1. The van der Waals surface area contributed by atoms with E-state index in [2.05, 4.69) is 26.0 Å². The first-order valence-corrected chi connectivity index (χ1v) is 8.46. The maximum Gasteiger partial charge on any atom is 0.189 e. The number of hydrogen-bond acceptors (Lipinski definition) is 1. The topological polar surface area (TPSA) is 37.3 Å². The largest absolute Gasteiger partial charge is 0.346 e. The second-order valence-electron chi connectivity index (χ2n) is 4.57. The van der Waals surface area contributed by atoms with Crippen molar-refractivity contribution in [1.82, 2.24) is 0 Å². The zero-order valence-corrected chi connectivity index (χ0v) is 12.7. The molecule has 104 valence electrons. The maximum atomic E-state index is 10.3. The normalized spacial score (nSPS) is 11.5. The molecule has 0 radical (unpaired) electrons. The van der Waals surface area contributed by atoms with Crippen LogP contribution in [0.2, 0.25) is 0 Å². The highest BCUT2D eigenvalue weighted by atomic mass is 31.1. The highest BCUT2D eigenvalue weighted by molar-refractivity contribution is 7.37. The molecule has 18 heavy (non-hydrogen) atoms. The Morgan fingerprint density at radius 3 is 2.00 bits per heavy atom. The van der Waals surface area contributed by atoms with Crippen molar-refractivity contribution in [3.63, 3.8) is 0 Å². The highest BCUT2D eigenvalue weighted by Crippen LogP contribution is 2.16. The Morgan fingerprint density at radius 1 is 1.00 bits per heavy atom. The van der Waals surface area contributed by atoms with E-state index < -0.39 is 8.03 Å². The van der Waals surface area contributed by atoms with Crippen LogP contribution in [-0.4, -0.2) is 11.1 Å². The highest BCUT2D eigenvalue weighted by Gasteiger charge is 1.92. The van der Waals surface area contributed by atoms with Crippen molar-refractivity contribution in [3.8, 4) is 0 Å². The van der Waals surface area contributed by atoms with Crippen LogP contribution in [0.4, 0.5) is 0 Å². The fourth-order valence-electron chi connectivity index (χ4n) is 1.59. The second-order valence-corrected chi connectivity index (χ2v) is 5.85. The third kappa shape index (κ3) is 13.5. The molecule has 0 aliphatic carbocycles. The summed E-state index contributed by atoms with van der Waals surface area (Å²) in [6.07, 6.45) is 7.64. The molecule has 0 heterocycles. The maximum absolute atomic E-state index is 10.3. The summed E-state index contributed by atoms with van der Waals surface area (Å²) >= 11 is 0. The van der Waals surface area contributed by atoms with E-state index in [0.29, 0.717) is 6.16 Å². The van der Waals surface area contributed by atoms with Gasteiger partial charge >= 0.3 is 0 Å². The van der Waals surface area contributed by atoms with Crippen LogP contribution in [0.25, 0.3) is 0 Å². The molecular weight excluding hydrogens is 243 g/mol. The molecule has 1 unspecified atom stereocenters. The molecule has 1 N–H and O–H groups in total. The summed E-state index contributed by atoms with van der Waals surface area (Å²) in [6.45, 7) is 4.27. The van der Waals surface area contributed by atoms with E-state index in [-0.39, 0.29) is 0 Å². The van der Waals surface area contributed by atoms with E-state index >= 15 is 0 Å². The van der Waals surface area contributed by atoms with Gasteiger partial charge in [0.1, 0.15) is 0 Å². The average molecular weight is 270 g/mol. The van der Waals surface area contributed by atoms with Crippen molar-refractivity contribution in [1.29, 1.82) is 0 Å². The summed E-state index contributed by atoms with van der Waals surface area (Å²) in [7, 11) is -2.18. The van der Waals surface area contributed by atoms with Gasteiger partial charge in [0.2, 0.25) is 0 Å². The van der Waals surface area contributed by atoms with Crippen LogP contribution in [0.5, 0.6) is 0 Å². The van der Waals surface area contributed by atoms with E-state index in [4.69, 9.17) is 4.89 Å². The molecule has 2 nitrogen and oxygen atoms in total. The molecule has 0 spiro atoms. The van der Waals surface area contributed by atoms with E-state index in [1.807, 2.05) is 18.2 Å². The Balaban J connectivity index is 0.000000351. The Bertz CT molecular complexity index is 299. The molecule has 0 aliphatic heterocycles. The summed E-state index contributed by atoms with van der Waals surface area (Å²) in [5.74, 6) is 0. The quantitative estimate of drug-likeness (QED) is 0.570. The fraction of sp³-hybridized carbons (Fsp3) is 0.600. The van der Waals surface area contributed by atoms with Gasteiger partial charge in [-0.25, -0.2) is 0 Å². The van der Waals surface area contributed by atoms with Gasteiger partial charge in [0.15, 0.2) is 8.03 Å². The van der Waals surface area contributed by atoms with E-state index in [0.717, 1.165) is 12.8 Å². The summed E-state index contributed by atoms with van der Waals surface area (Å²) in [6, 6.07) is 10.3. The third-order valence-electron chi connectivity index (χ3n) is 2.68. The standard InChI is InChI=1S/C8H19O2P.C7H8/c1-2-3-4-5-6-7-8-11(9)10;1-7-5-3-2-4-6-7/h11H,2-8H2,1H3,(H,9,10);2-6H,1H3. The van der Waals surface area contributed by atoms with Crippen LogP contribution in [0.15, 0.2) is 30.3 Å². The first kappa shape index (κ1) is 17.4. The van der Waals surface area contributed by atoms with Gasteiger partial charge in [-0.15, -0.1) is 0 Å². The Kier molecular flexibility index (Phi) is 12.4. The van der Waals surface area contributed by atoms with Gasteiger partial charge in [-0.2, -0.15) is 0 Å². The zero-order chi connectivity index (χ0) is 13.6. The molecule has 0 fully saturated rings. The summed E-state index contributed by atoms with van der Waals surface area (Å²) in [5.41, 5.74) is 1.32. The number of hydrogen-bond donors (Lipinski definition) is 1. The fourth-order valence-corrected chi connectivity index (χ4v) is 2.14. The van der Waals surface area contributed by atoms with Crippen LogP contribution in [0.3, 0.4) is 0 Å². The SMILES string of the molecule is CCCCCCCC[PH](=O)O.Cc1ccccc1. The lowest BCUT2D eigenvalue weighted by atomic mass is 10.1. The van der Waals surface area contributed by atoms with Crippen LogP contribution < -0.4 is 0 Å². The van der Waals surface area contributed by atoms with Gasteiger partial charge in [0.25, 0.3) is 0 Å². The molecule has 1 aromatic rings. The summed E-state index contributed by atoms with van der Waals surface area (Å²) < 4.78 is 10.3. The molecule has 0 amide bonds. The average Bonchev–Trinajstić information content (AvgIpc) is 2.35. The molecule has 1 atom stereocenters. The van der Waals surface area contributed by atoms with Gasteiger partial charge in [0.05, 0.1) is 0 Å². The lowest BCUT2D eigenvalue weighted by Crippen LogP contribution is -1.81. The van der Waals surface area contributed by atoms with Crippen LogP contribution in [0, 0.1) is 6.92 Å². The Hall–Kier alpha value is -0.590.